The predicted octanol–water partition coefficient (Wildman–Crippen LogP) is 3.08. The van der Waals surface area contributed by atoms with Gasteiger partial charge in [0.1, 0.15) is 0 Å². The zero-order valence-electron chi connectivity index (χ0n) is 7.37. The SMILES string of the molecule is CCC1=[C]([Ir])C2(CC2)C2=C1CC2. The molecular formula is C11H13Ir. The quantitative estimate of drug-likeness (QED) is 0.690. The molecule has 0 heterocycles. The molecule has 0 aromatic carbocycles. The maximum absolute atomic E-state index is 2.38. The van der Waals surface area contributed by atoms with Crippen LogP contribution < -0.4 is 0 Å². The van der Waals surface area contributed by atoms with Gasteiger partial charge in [-0.15, -0.1) is 0 Å². The van der Waals surface area contributed by atoms with Crippen LogP contribution in [-0.2, 0) is 18.9 Å². The third kappa shape index (κ3) is 0.647. The minimum absolute atomic E-state index is 0.652. The maximum atomic E-state index is 2.38. The van der Waals surface area contributed by atoms with Gasteiger partial charge in [-0.05, 0) is 0 Å². The average molecular weight is 337 g/mol. The Hall–Kier alpha value is 0.129. The van der Waals surface area contributed by atoms with E-state index >= 15 is 0 Å². The van der Waals surface area contributed by atoms with Gasteiger partial charge in [0.2, 0.25) is 0 Å². The van der Waals surface area contributed by atoms with Crippen LogP contribution in [0.4, 0.5) is 0 Å². The van der Waals surface area contributed by atoms with Gasteiger partial charge in [0.25, 0.3) is 0 Å². The third-order valence-electron chi connectivity index (χ3n) is 3.69. The molecule has 12 heavy (non-hydrogen) atoms. The Morgan fingerprint density at radius 2 is 2.08 bits per heavy atom. The molecule has 3 rings (SSSR count). The van der Waals surface area contributed by atoms with Crippen molar-refractivity contribution in [2.45, 2.75) is 39.0 Å². The molecule has 0 aromatic rings. The summed E-state index contributed by atoms with van der Waals surface area (Å²) in [5, 5.41) is 0. The van der Waals surface area contributed by atoms with Gasteiger partial charge in [-0.3, -0.25) is 0 Å². The summed E-state index contributed by atoms with van der Waals surface area (Å²) in [6.07, 6.45) is 6.99. The molecule has 1 spiro atoms. The number of rotatable bonds is 1. The second-order valence-corrected chi connectivity index (χ2v) is 5.36. The fourth-order valence-electron chi connectivity index (χ4n) is 2.77. The molecule has 0 aromatic heterocycles. The molecule has 0 saturated heterocycles. The topological polar surface area (TPSA) is 0 Å². The van der Waals surface area contributed by atoms with Gasteiger partial charge in [-0.2, -0.15) is 0 Å². The average Bonchev–Trinajstić information content (AvgIpc) is 2.74. The Bertz CT molecular complexity index is 316. The van der Waals surface area contributed by atoms with E-state index in [0.717, 1.165) is 0 Å². The molecule has 0 atom stereocenters. The fraction of sp³-hybridized carbons (Fsp3) is 0.636. The predicted molar refractivity (Wildman–Crippen MR) is 45.2 cm³/mol. The van der Waals surface area contributed by atoms with Crippen LogP contribution in [0.25, 0.3) is 0 Å². The molecule has 0 N–H and O–H groups in total. The van der Waals surface area contributed by atoms with Crippen LogP contribution in [0.1, 0.15) is 39.0 Å². The Morgan fingerprint density at radius 3 is 2.33 bits per heavy atom. The van der Waals surface area contributed by atoms with E-state index in [-0.39, 0.29) is 0 Å². The summed E-state index contributed by atoms with van der Waals surface area (Å²) < 4.78 is 1.74. The Morgan fingerprint density at radius 1 is 1.33 bits per heavy atom. The van der Waals surface area contributed by atoms with Crippen LogP contribution >= 0.6 is 0 Å². The Balaban J connectivity index is 2.15. The van der Waals surface area contributed by atoms with Crippen LogP contribution in [0.2, 0.25) is 0 Å². The number of hydrogen-bond donors (Lipinski definition) is 0. The summed E-state index contributed by atoms with van der Waals surface area (Å²) in [4.78, 5) is 0. The fourth-order valence-corrected chi connectivity index (χ4v) is 4.52. The zero-order valence-corrected chi connectivity index (χ0v) is 9.76. The summed E-state index contributed by atoms with van der Waals surface area (Å²) in [5.41, 5.74) is 6.00. The normalized spacial score (nSPS) is 29.6. The van der Waals surface area contributed by atoms with Crippen molar-refractivity contribution in [2.24, 2.45) is 5.41 Å². The van der Waals surface area contributed by atoms with E-state index in [9.17, 15) is 0 Å². The van der Waals surface area contributed by atoms with E-state index in [1.165, 1.54) is 32.1 Å². The van der Waals surface area contributed by atoms with Gasteiger partial charge in [0, 0.05) is 0 Å². The van der Waals surface area contributed by atoms with Crippen LogP contribution in [0, 0.1) is 5.41 Å². The van der Waals surface area contributed by atoms with Crippen molar-refractivity contribution in [3.8, 4) is 0 Å². The van der Waals surface area contributed by atoms with Crippen LogP contribution in [-0.4, -0.2) is 0 Å². The van der Waals surface area contributed by atoms with Crippen molar-refractivity contribution in [2.75, 3.05) is 0 Å². The first-order valence-corrected chi connectivity index (χ1v) is 6.09. The van der Waals surface area contributed by atoms with E-state index in [2.05, 4.69) is 25.8 Å². The minimum atomic E-state index is 0.652. The van der Waals surface area contributed by atoms with E-state index in [0.29, 0.717) is 5.41 Å². The van der Waals surface area contributed by atoms with Crippen LogP contribution in [0.5, 0.6) is 0 Å². The van der Waals surface area contributed by atoms with Crippen LogP contribution in [0.3, 0.4) is 0 Å². The number of hydrogen-bond acceptors (Lipinski definition) is 0. The summed E-state index contributed by atoms with van der Waals surface area (Å²) in [5.74, 6) is 0. The second kappa shape index (κ2) is 2.13. The Kier molecular flexibility index (Phi) is 1.34. The Labute approximate surface area is 84.3 Å². The molecule has 0 unspecified atom stereocenters. The molecule has 0 aliphatic heterocycles. The van der Waals surface area contributed by atoms with Gasteiger partial charge in [0.05, 0.1) is 0 Å². The van der Waals surface area contributed by atoms with E-state index in [4.69, 9.17) is 0 Å². The molecule has 0 amide bonds. The molecule has 3 aliphatic carbocycles. The first-order chi connectivity index (χ1) is 5.79. The standard InChI is InChI=1S/C11H13.Ir/c1-2-8-7-11(5-6-11)10-4-3-9(8)10;/h2-6H2,1H3;. The van der Waals surface area contributed by atoms with Gasteiger partial charge < -0.3 is 0 Å². The van der Waals surface area contributed by atoms with E-state index in [1.54, 1.807) is 15.2 Å². The van der Waals surface area contributed by atoms with Crippen molar-refractivity contribution >= 4 is 0 Å². The van der Waals surface area contributed by atoms with Gasteiger partial charge in [-0.25, -0.2) is 0 Å². The zero-order chi connectivity index (χ0) is 8.34. The van der Waals surface area contributed by atoms with Crippen LogP contribution in [0.15, 0.2) is 20.8 Å². The molecule has 66 valence electrons. The molecule has 0 nitrogen and oxygen atoms in total. The second-order valence-electron chi connectivity index (χ2n) is 4.16. The third-order valence-corrected chi connectivity index (χ3v) is 5.55. The van der Waals surface area contributed by atoms with Gasteiger partial charge >= 0.3 is 84.1 Å². The molecule has 1 saturated carbocycles. The summed E-state index contributed by atoms with van der Waals surface area (Å²) in [6, 6.07) is 0. The van der Waals surface area contributed by atoms with E-state index in [1.807, 2.05) is 5.57 Å². The van der Waals surface area contributed by atoms with Gasteiger partial charge in [0.15, 0.2) is 0 Å². The summed E-state index contributed by atoms with van der Waals surface area (Å²) >= 11 is 2.38. The number of allylic oxidation sites excluding steroid dienone is 4. The van der Waals surface area contributed by atoms with E-state index < -0.39 is 0 Å². The van der Waals surface area contributed by atoms with Crippen molar-refractivity contribution < 1.29 is 18.9 Å². The molecule has 0 bridgehead atoms. The molecule has 1 fully saturated rings. The summed E-state index contributed by atoms with van der Waals surface area (Å²) in [6.45, 7) is 2.31. The summed E-state index contributed by atoms with van der Waals surface area (Å²) in [7, 11) is 0. The molecule has 0 radical (unpaired) electrons. The number of fused-ring (bicyclic) bond motifs is 1. The molecule has 3 aliphatic rings. The monoisotopic (exact) mass is 338 g/mol. The molecule has 1 heteroatoms. The first-order valence-electron chi connectivity index (χ1n) is 4.89. The molecular weight excluding hydrogens is 324 g/mol. The van der Waals surface area contributed by atoms with Crippen molar-refractivity contribution in [3.05, 3.63) is 20.8 Å². The van der Waals surface area contributed by atoms with Gasteiger partial charge in [-0.1, -0.05) is 0 Å². The van der Waals surface area contributed by atoms with Crippen molar-refractivity contribution in [1.82, 2.24) is 0 Å². The first kappa shape index (κ1) is 7.53. The van der Waals surface area contributed by atoms with Crippen molar-refractivity contribution in [1.29, 1.82) is 0 Å². The van der Waals surface area contributed by atoms with Crippen molar-refractivity contribution in [3.63, 3.8) is 0 Å².